The van der Waals surface area contributed by atoms with Crippen molar-refractivity contribution < 1.29 is 0 Å². The third kappa shape index (κ3) is 2.24. The van der Waals surface area contributed by atoms with Gasteiger partial charge in [-0.1, -0.05) is 0 Å². The molecule has 0 fully saturated rings. The Hall–Kier alpha value is -5.69. The maximum atomic E-state index is 9.60. The van der Waals surface area contributed by atoms with E-state index in [0.29, 0.717) is 0 Å². The van der Waals surface area contributed by atoms with Gasteiger partial charge in [-0.15, -0.1) is 10.2 Å². The van der Waals surface area contributed by atoms with Gasteiger partial charge in [-0.3, -0.25) is 0 Å². The standard InChI is InChI=1S/C18H2N12/c19-1-7-8(2-20)27-18-15-9(3-21)25-12(6-24)28-16(15)13-10(4-22)29-30-11(5-23)14(13)17(18)26-7/h17,26H. The second-order valence-electron chi connectivity index (χ2n) is 5.77. The largest absolute Gasteiger partial charge is 0.362 e. The number of aliphatic imine (C=N–C) groups is 1. The van der Waals surface area contributed by atoms with E-state index in [0.717, 1.165) is 0 Å². The fraction of sp³-hybridized carbons (Fsp3) is 0.0556. The Bertz CT molecular complexity index is 1480. The average Bonchev–Trinajstić information content (AvgIpc) is 2.81. The zero-order valence-electron chi connectivity index (χ0n) is 14.5. The molecule has 134 valence electrons. The highest BCUT2D eigenvalue weighted by molar-refractivity contribution is 6.15. The second kappa shape index (κ2) is 6.48. The maximum Gasteiger partial charge on any atom is 0.234 e. The monoisotopic (exact) mass is 386 g/mol. The van der Waals surface area contributed by atoms with Gasteiger partial charge >= 0.3 is 0 Å². The Kier molecular flexibility index (Phi) is 3.83. The molecule has 0 saturated heterocycles. The number of aromatic nitrogens is 4. The molecule has 1 unspecified atom stereocenters. The Labute approximate surface area is 167 Å². The summed E-state index contributed by atoms with van der Waals surface area (Å²) in [4.78, 5) is 12.2. The quantitative estimate of drug-likeness (QED) is 0.640. The minimum absolute atomic E-state index is 0.00875. The lowest BCUT2D eigenvalue weighted by Crippen LogP contribution is -2.37. The molecule has 2 aliphatic rings. The Morgan fingerprint density at radius 2 is 1.40 bits per heavy atom. The van der Waals surface area contributed by atoms with Crippen molar-refractivity contribution in [3.63, 3.8) is 0 Å². The van der Waals surface area contributed by atoms with E-state index < -0.39 is 6.04 Å². The van der Waals surface area contributed by atoms with Gasteiger partial charge in [0.1, 0.15) is 36.4 Å². The smallest absolute Gasteiger partial charge is 0.234 e. The van der Waals surface area contributed by atoms with Crippen molar-refractivity contribution in [2.45, 2.75) is 6.04 Å². The number of fused-ring (bicyclic) bond motifs is 6. The Morgan fingerprint density at radius 1 is 0.700 bits per heavy atom. The van der Waals surface area contributed by atoms with Crippen LogP contribution in [0.5, 0.6) is 0 Å². The van der Waals surface area contributed by atoms with Gasteiger partial charge < -0.3 is 5.32 Å². The number of nitrogens with zero attached hydrogens (tertiary/aromatic N) is 11. The summed E-state index contributed by atoms with van der Waals surface area (Å²) in [6.45, 7) is 0. The normalized spacial score (nSPS) is 15.1. The van der Waals surface area contributed by atoms with Crippen molar-refractivity contribution in [2.75, 3.05) is 0 Å². The van der Waals surface area contributed by atoms with Crippen LogP contribution in [0.2, 0.25) is 0 Å². The number of nitriles is 6. The van der Waals surface area contributed by atoms with Gasteiger partial charge in [0.2, 0.25) is 5.82 Å². The van der Waals surface area contributed by atoms with E-state index in [1.54, 1.807) is 12.1 Å². The third-order valence-corrected chi connectivity index (χ3v) is 4.37. The highest BCUT2D eigenvalue weighted by Crippen LogP contribution is 2.43. The molecule has 0 amide bonds. The van der Waals surface area contributed by atoms with Crippen molar-refractivity contribution in [1.29, 1.82) is 31.6 Å². The zero-order chi connectivity index (χ0) is 21.4. The lowest BCUT2D eigenvalue weighted by molar-refractivity contribution is 0.725. The first-order chi connectivity index (χ1) is 14.6. The summed E-state index contributed by atoms with van der Waals surface area (Å²) < 4.78 is 0. The number of rotatable bonds is 0. The maximum absolute atomic E-state index is 9.60. The van der Waals surface area contributed by atoms with E-state index in [-0.39, 0.29) is 62.4 Å². The SMILES string of the molecule is N#CC1=C(C#N)NC2C(=N1)c1c(C#N)nc(C#N)nc1-c1c(C#N)nnc(C#N)c12. The van der Waals surface area contributed by atoms with Crippen molar-refractivity contribution in [3.8, 4) is 47.7 Å². The highest BCUT2D eigenvalue weighted by Gasteiger charge is 2.41. The van der Waals surface area contributed by atoms with Gasteiger partial charge in [-0.2, -0.15) is 31.6 Å². The van der Waals surface area contributed by atoms with Gasteiger partial charge in [-0.25, -0.2) is 15.0 Å². The summed E-state index contributed by atoms with van der Waals surface area (Å²) in [5.41, 5.74) is -0.632. The summed E-state index contributed by atoms with van der Waals surface area (Å²) in [5.74, 6) is -0.341. The molecular weight excluding hydrogens is 384 g/mol. The van der Waals surface area contributed by atoms with E-state index in [9.17, 15) is 31.6 Å². The van der Waals surface area contributed by atoms with E-state index in [1.165, 1.54) is 0 Å². The van der Waals surface area contributed by atoms with Crippen molar-refractivity contribution in [3.05, 3.63) is 45.4 Å². The topological polar surface area (TPSA) is 219 Å². The summed E-state index contributed by atoms with van der Waals surface area (Å²) in [6.07, 6.45) is 0. The van der Waals surface area contributed by atoms with Crippen LogP contribution in [0.25, 0.3) is 11.3 Å². The minimum atomic E-state index is -1.000. The lowest BCUT2D eigenvalue weighted by atomic mass is 9.80. The summed E-state index contributed by atoms with van der Waals surface area (Å²) in [7, 11) is 0. The fourth-order valence-electron chi connectivity index (χ4n) is 3.24. The number of nitrogens with one attached hydrogen (secondary N) is 1. The van der Waals surface area contributed by atoms with Crippen LogP contribution < -0.4 is 5.32 Å². The summed E-state index contributed by atoms with van der Waals surface area (Å²) >= 11 is 0. The van der Waals surface area contributed by atoms with Crippen LogP contribution in [0.3, 0.4) is 0 Å². The molecule has 0 aromatic carbocycles. The molecule has 3 heterocycles. The molecule has 2 aromatic rings. The molecule has 0 spiro atoms. The van der Waals surface area contributed by atoms with Crippen molar-refractivity contribution in [2.24, 2.45) is 4.99 Å². The lowest BCUT2D eigenvalue weighted by Gasteiger charge is -2.32. The average molecular weight is 386 g/mol. The molecule has 0 bridgehead atoms. The summed E-state index contributed by atoms with van der Waals surface area (Å²) in [6, 6.07) is 9.94. The van der Waals surface area contributed by atoms with Gasteiger partial charge in [0.15, 0.2) is 28.5 Å². The molecule has 1 atom stereocenters. The minimum Gasteiger partial charge on any atom is -0.362 e. The fourth-order valence-corrected chi connectivity index (χ4v) is 3.24. The van der Waals surface area contributed by atoms with Crippen molar-refractivity contribution in [1.82, 2.24) is 25.5 Å². The predicted octanol–water partition coefficient (Wildman–Crippen LogP) is 0.126. The molecule has 12 nitrogen and oxygen atoms in total. The first kappa shape index (κ1) is 17.7. The molecule has 1 aliphatic heterocycles. The Morgan fingerprint density at radius 3 is 2.00 bits per heavy atom. The van der Waals surface area contributed by atoms with Gasteiger partial charge in [0.25, 0.3) is 0 Å². The number of hydrogen-bond acceptors (Lipinski definition) is 12. The molecule has 4 rings (SSSR count). The first-order valence-corrected chi connectivity index (χ1v) is 7.95. The Balaban J connectivity index is 2.25. The molecule has 0 radical (unpaired) electrons. The van der Waals surface area contributed by atoms with Crippen LogP contribution in [0.1, 0.15) is 40.1 Å². The van der Waals surface area contributed by atoms with Crippen LogP contribution in [0.4, 0.5) is 0 Å². The first-order valence-electron chi connectivity index (χ1n) is 7.95. The van der Waals surface area contributed by atoms with Crippen LogP contribution in [0, 0.1) is 68.0 Å². The van der Waals surface area contributed by atoms with Gasteiger partial charge in [-0.05, 0) is 0 Å². The van der Waals surface area contributed by atoms with Crippen LogP contribution in [-0.2, 0) is 0 Å². The second-order valence-corrected chi connectivity index (χ2v) is 5.77. The third-order valence-electron chi connectivity index (χ3n) is 4.37. The predicted molar refractivity (Wildman–Crippen MR) is 92.6 cm³/mol. The molecule has 30 heavy (non-hydrogen) atoms. The summed E-state index contributed by atoms with van der Waals surface area (Å²) in [5, 5.41) is 67.0. The molecule has 1 N–H and O–H groups in total. The van der Waals surface area contributed by atoms with Crippen molar-refractivity contribution >= 4 is 5.71 Å². The highest BCUT2D eigenvalue weighted by atomic mass is 15.1. The van der Waals surface area contributed by atoms with Gasteiger partial charge in [0, 0.05) is 11.1 Å². The molecular formula is C18H2N12. The zero-order valence-corrected chi connectivity index (χ0v) is 14.5. The van der Waals surface area contributed by atoms with Crippen LogP contribution >= 0.6 is 0 Å². The molecule has 2 aromatic heterocycles. The van der Waals surface area contributed by atoms with E-state index >= 15 is 0 Å². The van der Waals surface area contributed by atoms with Gasteiger partial charge in [0.05, 0.1) is 23.0 Å². The molecule has 12 heteroatoms. The van der Waals surface area contributed by atoms with Crippen LogP contribution in [-0.4, -0.2) is 25.9 Å². The molecule has 1 aliphatic carbocycles. The number of allylic oxidation sites excluding steroid dienone is 2. The number of hydrogen-bond donors (Lipinski definition) is 1. The van der Waals surface area contributed by atoms with Crippen LogP contribution in [0.15, 0.2) is 16.4 Å². The molecule has 0 saturated carbocycles. The van der Waals surface area contributed by atoms with E-state index in [4.69, 9.17) is 0 Å². The van der Waals surface area contributed by atoms with E-state index in [2.05, 4.69) is 30.5 Å². The van der Waals surface area contributed by atoms with E-state index in [1.807, 2.05) is 24.3 Å².